The molecule has 0 saturated carbocycles. The summed E-state index contributed by atoms with van der Waals surface area (Å²) in [6.07, 6.45) is -0.246. The van der Waals surface area contributed by atoms with Gasteiger partial charge in [0.15, 0.2) is 23.4 Å². The van der Waals surface area contributed by atoms with E-state index < -0.39 is 12.2 Å². The fourth-order valence-electron chi connectivity index (χ4n) is 2.97. The summed E-state index contributed by atoms with van der Waals surface area (Å²) in [7, 11) is 0. The molecule has 5 nitrogen and oxygen atoms in total. The monoisotopic (exact) mass is 355 g/mol. The number of Topliss-reactive ketones (excluding diaryl/α,β-unsaturated/α-hetero) is 1. The number of aliphatic hydroxyl groups excluding tert-OH is 1. The molecule has 26 heavy (non-hydrogen) atoms. The highest BCUT2D eigenvalue weighted by molar-refractivity contribution is 5.81. The van der Waals surface area contributed by atoms with Crippen LogP contribution in [0.1, 0.15) is 31.1 Å². The lowest BCUT2D eigenvalue weighted by Gasteiger charge is -2.25. The second-order valence-electron chi connectivity index (χ2n) is 6.75. The van der Waals surface area contributed by atoms with Gasteiger partial charge in [-0.15, -0.1) is 0 Å². The lowest BCUT2D eigenvalue weighted by atomic mass is 10.0. The molecule has 3 atom stereocenters. The highest BCUT2D eigenvalue weighted by atomic mass is 16.6. The van der Waals surface area contributed by atoms with Crippen LogP contribution in [0.4, 0.5) is 0 Å². The SMILES string of the molecule is CC(=O)[C@H]1COc2cc(CC(C)NC[C@@H](O)c3ccccc3)ccc2O1. The van der Waals surface area contributed by atoms with Crippen molar-refractivity contribution in [2.75, 3.05) is 13.2 Å². The van der Waals surface area contributed by atoms with Crippen LogP contribution in [0, 0.1) is 0 Å². The molecule has 0 aliphatic carbocycles. The first-order valence-electron chi connectivity index (χ1n) is 8.92. The zero-order chi connectivity index (χ0) is 18.5. The predicted octanol–water partition coefficient (Wildman–Crippen LogP) is 2.67. The second kappa shape index (κ2) is 8.34. The third-order valence-electron chi connectivity index (χ3n) is 4.51. The first kappa shape index (κ1) is 18.4. The zero-order valence-corrected chi connectivity index (χ0v) is 15.1. The van der Waals surface area contributed by atoms with Gasteiger partial charge >= 0.3 is 0 Å². The smallest absolute Gasteiger partial charge is 0.190 e. The summed E-state index contributed by atoms with van der Waals surface area (Å²) < 4.78 is 11.3. The predicted molar refractivity (Wildman–Crippen MR) is 99.6 cm³/mol. The normalized spacial score (nSPS) is 18.2. The van der Waals surface area contributed by atoms with Crippen molar-refractivity contribution < 1.29 is 19.4 Å². The maximum Gasteiger partial charge on any atom is 0.190 e. The van der Waals surface area contributed by atoms with E-state index in [4.69, 9.17) is 9.47 Å². The number of nitrogens with one attached hydrogen (secondary N) is 1. The quantitative estimate of drug-likeness (QED) is 0.799. The lowest BCUT2D eigenvalue weighted by Crippen LogP contribution is -2.35. The van der Waals surface area contributed by atoms with E-state index in [-0.39, 0.29) is 18.4 Å². The molecule has 0 bridgehead atoms. The molecule has 0 aromatic heterocycles. The maximum absolute atomic E-state index is 11.4. The minimum absolute atomic E-state index is 0.0328. The molecule has 1 aliphatic rings. The molecule has 0 saturated heterocycles. The number of aliphatic hydroxyl groups is 1. The van der Waals surface area contributed by atoms with Gasteiger partial charge in [0, 0.05) is 12.6 Å². The standard InChI is InChI=1S/C21H25NO4/c1-14(22-12-18(24)17-6-4-3-5-7-17)10-16-8-9-19-20(11-16)25-13-21(26-19)15(2)23/h3-9,11,14,18,21-22,24H,10,12-13H2,1-2H3/t14?,18-,21-/m1/s1. The van der Waals surface area contributed by atoms with E-state index in [0.29, 0.717) is 18.0 Å². The largest absolute Gasteiger partial charge is 0.485 e. The average molecular weight is 355 g/mol. The van der Waals surface area contributed by atoms with Crippen LogP contribution in [-0.4, -0.2) is 36.2 Å². The van der Waals surface area contributed by atoms with Crippen molar-refractivity contribution in [2.24, 2.45) is 0 Å². The number of carbonyl (C=O) groups is 1. The Kier molecular flexibility index (Phi) is 5.91. The van der Waals surface area contributed by atoms with Gasteiger partial charge in [-0.2, -0.15) is 0 Å². The minimum Gasteiger partial charge on any atom is -0.485 e. The van der Waals surface area contributed by atoms with Crippen LogP contribution in [0.5, 0.6) is 11.5 Å². The van der Waals surface area contributed by atoms with E-state index in [9.17, 15) is 9.90 Å². The van der Waals surface area contributed by atoms with Gasteiger partial charge in [0.25, 0.3) is 0 Å². The summed E-state index contributed by atoms with van der Waals surface area (Å²) in [4.78, 5) is 11.4. The van der Waals surface area contributed by atoms with Gasteiger partial charge in [0.05, 0.1) is 6.10 Å². The highest BCUT2D eigenvalue weighted by Crippen LogP contribution is 2.33. The van der Waals surface area contributed by atoms with E-state index >= 15 is 0 Å². The van der Waals surface area contributed by atoms with Gasteiger partial charge in [-0.05, 0) is 43.5 Å². The van der Waals surface area contributed by atoms with Crippen LogP contribution in [0.25, 0.3) is 0 Å². The topological polar surface area (TPSA) is 67.8 Å². The van der Waals surface area contributed by atoms with E-state index in [1.807, 2.05) is 48.5 Å². The molecule has 1 unspecified atom stereocenters. The molecule has 5 heteroatoms. The number of ether oxygens (including phenoxy) is 2. The third-order valence-corrected chi connectivity index (χ3v) is 4.51. The molecule has 2 aromatic rings. The maximum atomic E-state index is 11.4. The Bertz CT molecular complexity index is 747. The molecule has 138 valence electrons. The molecule has 3 rings (SSSR count). The van der Waals surface area contributed by atoms with Crippen LogP contribution >= 0.6 is 0 Å². The number of ketones is 1. The zero-order valence-electron chi connectivity index (χ0n) is 15.1. The van der Waals surface area contributed by atoms with Crippen LogP contribution in [0.15, 0.2) is 48.5 Å². The van der Waals surface area contributed by atoms with E-state index in [0.717, 1.165) is 17.5 Å². The lowest BCUT2D eigenvalue weighted by molar-refractivity contribution is -0.125. The molecule has 0 radical (unpaired) electrons. The van der Waals surface area contributed by atoms with Gasteiger partial charge in [0.2, 0.25) is 0 Å². The average Bonchev–Trinajstić information content (AvgIpc) is 2.66. The molecule has 0 amide bonds. The van der Waals surface area contributed by atoms with E-state index in [2.05, 4.69) is 12.2 Å². The van der Waals surface area contributed by atoms with Crippen molar-refractivity contribution in [1.82, 2.24) is 5.32 Å². The van der Waals surface area contributed by atoms with Crippen LogP contribution < -0.4 is 14.8 Å². The molecule has 0 spiro atoms. The van der Waals surface area contributed by atoms with Crippen molar-refractivity contribution in [1.29, 1.82) is 0 Å². The Balaban J connectivity index is 1.53. The third kappa shape index (κ3) is 4.62. The number of fused-ring (bicyclic) bond motifs is 1. The minimum atomic E-state index is -0.526. The number of rotatable bonds is 7. The van der Waals surface area contributed by atoms with Crippen LogP contribution in [0.3, 0.4) is 0 Å². The summed E-state index contributed by atoms with van der Waals surface area (Å²) in [5.41, 5.74) is 2.02. The summed E-state index contributed by atoms with van der Waals surface area (Å²) in [5.74, 6) is 1.26. The summed E-state index contributed by atoms with van der Waals surface area (Å²) in [6, 6.07) is 15.6. The molecule has 1 heterocycles. The Labute approximate surface area is 153 Å². The first-order valence-corrected chi connectivity index (χ1v) is 8.92. The van der Waals surface area contributed by atoms with Crippen molar-refractivity contribution in [3.8, 4) is 11.5 Å². The number of hydrogen-bond donors (Lipinski definition) is 2. The summed E-state index contributed by atoms with van der Waals surface area (Å²) >= 11 is 0. The molecular weight excluding hydrogens is 330 g/mol. The fourth-order valence-corrected chi connectivity index (χ4v) is 2.97. The number of carbonyl (C=O) groups excluding carboxylic acids is 1. The van der Waals surface area contributed by atoms with Gasteiger partial charge in [-0.25, -0.2) is 0 Å². The number of hydrogen-bond acceptors (Lipinski definition) is 5. The summed E-state index contributed by atoms with van der Waals surface area (Å²) in [5, 5.41) is 13.6. The molecule has 0 fully saturated rings. The van der Waals surface area contributed by atoms with Crippen molar-refractivity contribution in [2.45, 2.75) is 38.5 Å². The van der Waals surface area contributed by atoms with Gasteiger partial charge in [0.1, 0.15) is 6.61 Å². The Morgan fingerprint density at radius 1 is 1.23 bits per heavy atom. The van der Waals surface area contributed by atoms with E-state index in [1.165, 1.54) is 6.92 Å². The van der Waals surface area contributed by atoms with Gasteiger partial charge < -0.3 is 19.9 Å². The molecule has 2 N–H and O–H groups in total. The molecule has 1 aliphatic heterocycles. The fraction of sp³-hybridized carbons (Fsp3) is 0.381. The highest BCUT2D eigenvalue weighted by Gasteiger charge is 2.24. The Hall–Kier alpha value is -2.37. The Morgan fingerprint density at radius 2 is 2.00 bits per heavy atom. The summed E-state index contributed by atoms with van der Waals surface area (Å²) in [6.45, 7) is 4.34. The van der Waals surface area contributed by atoms with E-state index in [1.54, 1.807) is 0 Å². The second-order valence-corrected chi connectivity index (χ2v) is 6.75. The van der Waals surface area contributed by atoms with Crippen LogP contribution in [0.2, 0.25) is 0 Å². The van der Waals surface area contributed by atoms with Crippen molar-refractivity contribution >= 4 is 5.78 Å². The van der Waals surface area contributed by atoms with Gasteiger partial charge in [-0.1, -0.05) is 36.4 Å². The molecule has 2 aromatic carbocycles. The van der Waals surface area contributed by atoms with Crippen LogP contribution in [-0.2, 0) is 11.2 Å². The van der Waals surface area contributed by atoms with Gasteiger partial charge in [-0.3, -0.25) is 4.79 Å². The molecular formula is C21H25NO4. The number of benzene rings is 2. The Morgan fingerprint density at radius 3 is 2.73 bits per heavy atom. The van der Waals surface area contributed by atoms with Crippen molar-refractivity contribution in [3.05, 3.63) is 59.7 Å². The first-order chi connectivity index (χ1) is 12.5. The van der Waals surface area contributed by atoms with Crippen molar-refractivity contribution in [3.63, 3.8) is 0 Å².